The van der Waals surface area contributed by atoms with E-state index in [9.17, 15) is 32.6 Å². The summed E-state index contributed by atoms with van der Waals surface area (Å²) in [7, 11) is 0. The van der Waals surface area contributed by atoms with Crippen LogP contribution in [-0.4, -0.2) is 16.0 Å². The summed E-state index contributed by atoms with van der Waals surface area (Å²) in [5.74, 6) is -4.30. The molecule has 1 aliphatic rings. The van der Waals surface area contributed by atoms with E-state index >= 15 is 0 Å². The van der Waals surface area contributed by atoms with E-state index in [1.807, 2.05) is 0 Å². The summed E-state index contributed by atoms with van der Waals surface area (Å²) in [5.41, 5.74) is -2.28. The number of fused-ring (bicyclic) bond motifs is 1. The molecular formula is C16H8F4O4. The van der Waals surface area contributed by atoms with Crippen LogP contribution in [0.25, 0.3) is 6.08 Å². The first kappa shape index (κ1) is 15.9. The van der Waals surface area contributed by atoms with E-state index in [1.165, 1.54) is 0 Å². The Hall–Kier alpha value is -3.03. The van der Waals surface area contributed by atoms with Crippen LogP contribution in [0, 0.1) is 5.82 Å². The molecule has 24 heavy (non-hydrogen) atoms. The lowest BCUT2D eigenvalue weighted by atomic mass is 10.0. The molecule has 3 rings (SSSR count). The second-order valence-corrected chi connectivity index (χ2v) is 4.95. The number of carbonyl (C=O) groups is 1. The molecular weight excluding hydrogens is 332 g/mol. The summed E-state index contributed by atoms with van der Waals surface area (Å²) in [6.07, 6.45) is -4.21. The van der Waals surface area contributed by atoms with Crippen molar-refractivity contribution in [2.45, 2.75) is 6.18 Å². The van der Waals surface area contributed by atoms with Crippen molar-refractivity contribution in [2.24, 2.45) is 0 Å². The fourth-order valence-electron chi connectivity index (χ4n) is 2.29. The smallest absolute Gasteiger partial charge is 0.417 e. The second kappa shape index (κ2) is 5.26. The highest BCUT2D eigenvalue weighted by Gasteiger charge is 2.36. The molecule has 0 bridgehead atoms. The number of phenols is 2. The predicted octanol–water partition coefficient (Wildman–Crippen LogP) is 3.87. The molecule has 0 aromatic heterocycles. The quantitative estimate of drug-likeness (QED) is 0.470. The SMILES string of the molecule is O=C1C(=Cc2c(F)cccc2C(F)(F)F)Oc2c1ccc(O)c2O. The highest BCUT2D eigenvalue weighted by Crippen LogP contribution is 2.44. The van der Waals surface area contributed by atoms with Gasteiger partial charge in [0.2, 0.25) is 11.5 Å². The number of phenolic OH excluding ortho intramolecular Hbond substituents is 2. The number of Topliss-reactive ketones (excluding diaryl/α,β-unsaturated/α-hetero) is 1. The second-order valence-electron chi connectivity index (χ2n) is 4.95. The number of rotatable bonds is 1. The summed E-state index contributed by atoms with van der Waals surface area (Å²) in [4.78, 5) is 12.1. The number of alkyl halides is 3. The molecule has 0 fully saturated rings. The zero-order valence-electron chi connectivity index (χ0n) is 11.7. The molecule has 1 heterocycles. The van der Waals surface area contributed by atoms with Gasteiger partial charge >= 0.3 is 6.18 Å². The fraction of sp³-hybridized carbons (Fsp3) is 0.0625. The number of hydrogen-bond donors (Lipinski definition) is 2. The summed E-state index contributed by atoms with van der Waals surface area (Å²) in [6.45, 7) is 0. The summed E-state index contributed by atoms with van der Waals surface area (Å²) in [5, 5.41) is 19.0. The number of aromatic hydroxyl groups is 2. The normalized spacial score (nSPS) is 15.5. The van der Waals surface area contributed by atoms with Crippen LogP contribution in [0.4, 0.5) is 17.6 Å². The number of benzene rings is 2. The van der Waals surface area contributed by atoms with Crippen LogP contribution in [0.5, 0.6) is 17.2 Å². The van der Waals surface area contributed by atoms with Gasteiger partial charge in [-0.15, -0.1) is 0 Å². The molecule has 2 N–H and O–H groups in total. The molecule has 0 atom stereocenters. The number of halogens is 4. The van der Waals surface area contributed by atoms with E-state index in [2.05, 4.69) is 0 Å². The topological polar surface area (TPSA) is 66.8 Å². The molecule has 2 aromatic carbocycles. The molecule has 0 saturated carbocycles. The highest BCUT2D eigenvalue weighted by atomic mass is 19.4. The van der Waals surface area contributed by atoms with Crippen molar-refractivity contribution in [2.75, 3.05) is 0 Å². The minimum atomic E-state index is -4.83. The molecule has 124 valence electrons. The zero-order valence-corrected chi connectivity index (χ0v) is 11.7. The molecule has 0 radical (unpaired) electrons. The van der Waals surface area contributed by atoms with Gasteiger partial charge in [-0.1, -0.05) is 6.07 Å². The molecule has 0 amide bonds. The van der Waals surface area contributed by atoms with Crippen molar-refractivity contribution in [3.05, 3.63) is 58.6 Å². The number of ketones is 1. The Kier molecular flexibility index (Phi) is 3.47. The van der Waals surface area contributed by atoms with E-state index in [1.54, 1.807) is 0 Å². The Labute approximate surface area is 132 Å². The third-order valence-corrected chi connectivity index (χ3v) is 3.42. The first-order valence-electron chi connectivity index (χ1n) is 6.55. The summed E-state index contributed by atoms with van der Waals surface area (Å²) >= 11 is 0. The van der Waals surface area contributed by atoms with Crippen molar-refractivity contribution >= 4 is 11.9 Å². The molecule has 0 saturated heterocycles. The van der Waals surface area contributed by atoms with Crippen molar-refractivity contribution in [3.8, 4) is 17.2 Å². The Morgan fingerprint density at radius 2 is 1.79 bits per heavy atom. The van der Waals surface area contributed by atoms with Crippen LogP contribution in [0.15, 0.2) is 36.1 Å². The van der Waals surface area contributed by atoms with Crippen LogP contribution in [0.2, 0.25) is 0 Å². The largest absolute Gasteiger partial charge is 0.504 e. The standard InChI is InChI=1S/C16H8F4O4/c17-10-3-1-2-9(16(18,19)20)8(10)6-12-13(22)7-4-5-11(21)14(23)15(7)24-12/h1-6,21,23H. The minimum Gasteiger partial charge on any atom is -0.504 e. The third-order valence-electron chi connectivity index (χ3n) is 3.42. The van der Waals surface area contributed by atoms with Crippen molar-refractivity contribution < 1.29 is 37.3 Å². The van der Waals surface area contributed by atoms with Gasteiger partial charge in [0.05, 0.1) is 11.1 Å². The van der Waals surface area contributed by atoms with Crippen molar-refractivity contribution in [3.63, 3.8) is 0 Å². The van der Waals surface area contributed by atoms with Gasteiger partial charge in [0.25, 0.3) is 0 Å². The minimum absolute atomic E-state index is 0.151. The van der Waals surface area contributed by atoms with E-state index in [-0.39, 0.29) is 5.56 Å². The maximum atomic E-state index is 13.8. The Morgan fingerprint density at radius 1 is 1.08 bits per heavy atom. The van der Waals surface area contributed by atoms with Gasteiger partial charge in [-0.05, 0) is 30.3 Å². The maximum absolute atomic E-state index is 13.8. The monoisotopic (exact) mass is 340 g/mol. The number of allylic oxidation sites excluding steroid dienone is 1. The van der Waals surface area contributed by atoms with Crippen molar-refractivity contribution in [1.82, 2.24) is 0 Å². The Bertz CT molecular complexity index is 884. The molecule has 8 heteroatoms. The summed E-state index contributed by atoms with van der Waals surface area (Å²) in [6, 6.07) is 4.56. The van der Waals surface area contributed by atoms with Gasteiger partial charge in [-0.25, -0.2) is 4.39 Å². The Balaban J connectivity index is 2.13. The average molecular weight is 340 g/mol. The molecule has 0 spiro atoms. The highest BCUT2D eigenvalue weighted by molar-refractivity contribution is 6.15. The lowest BCUT2D eigenvalue weighted by Gasteiger charge is -2.11. The van der Waals surface area contributed by atoms with Crippen LogP contribution >= 0.6 is 0 Å². The lowest BCUT2D eigenvalue weighted by molar-refractivity contribution is -0.137. The van der Waals surface area contributed by atoms with Crippen LogP contribution in [-0.2, 0) is 6.18 Å². The van der Waals surface area contributed by atoms with Crippen molar-refractivity contribution in [1.29, 1.82) is 0 Å². The third kappa shape index (κ3) is 2.45. The predicted molar refractivity (Wildman–Crippen MR) is 74.1 cm³/mol. The molecule has 1 aliphatic heterocycles. The molecule has 0 aliphatic carbocycles. The van der Waals surface area contributed by atoms with Gasteiger partial charge < -0.3 is 14.9 Å². The van der Waals surface area contributed by atoms with E-state index in [4.69, 9.17) is 4.74 Å². The van der Waals surface area contributed by atoms with E-state index < -0.39 is 51.9 Å². The number of hydrogen-bond acceptors (Lipinski definition) is 4. The first-order valence-corrected chi connectivity index (χ1v) is 6.55. The summed E-state index contributed by atoms with van der Waals surface area (Å²) < 4.78 is 57.8. The van der Waals surface area contributed by atoms with E-state index in [0.717, 1.165) is 24.3 Å². The van der Waals surface area contributed by atoms with Gasteiger partial charge in [0.15, 0.2) is 17.3 Å². The van der Waals surface area contributed by atoms with E-state index in [0.29, 0.717) is 12.1 Å². The number of ether oxygens (including phenoxy) is 1. The first-order chi connectivity index (χ1) is 11.2. The Morgan fingerprint density at radius 3 is 2.46 bits per heavy atom. The maximum Gasteiger partial charge on any atom is 0.417 e. The zero-order chi connectivity index (χ0) is 17.6. The van der Waals surface area contributed by atoms with Crippen LogP contribution < -0.4 is 4.74 Å². The van der Waals surface area contributed by atoms with Gasteiger partial charge in [0, 0.05) is 5.56 Å². The number of carbonyl (C=O) groups excluding carboxylic acids is 1. The molecule has 0 unspecified atom stereocenters. The van der Waals surface area contributed by atoms with Gasteiger partial charge in [-0.3, -0.25) is 4.79 Å². The van der Waals surface area contributed by atoms with Crippen LogP contribution in [0.1, 0.15) is 21.5 Å². The van der Waals surface area contributed by atoms with Crippen LogP contribution in [0.3, 0.4) is 0 Å². The molecule has 2 aromatic rings. The van der Waals surface area contributed by atoms with Gasteiger partial charge in [0.1, 0.15) is 5.82 Å². The molecule has 4 nitrogen and oxygen atoms in total. The van der Waals surface area contributed by atoms with Gasteiger partial charge in [-0.2, -0.15) is 13.2 Å². The lowest BCUT2D eigenvalue weighted by Crippen LogP contribution is -2.09. The average Bonchev–Trinajstić information content (AvgIpc) is 2.81. The fourth-order valence-corrected chi connectivity index (χ4v) is 2.29.